The lowest BCUT2D eigenvalue weighted by Gasteiger charge is -2.17. The second-order valence-corrected chi connectivity index (χ2v) is 5.16. The quantitative estimate of drug-likeness (QED) is 0.744. The maximum atomic E-state index is 14.0. The van der Waals surface area contributed by atoms with Crippen LogP contribution in [0.3, 0.4) is 0 Å². The number of nitrogens with zero attached hydrogens (tertiary/aromatic N) is 1. The maximum Gasteiger partial charge on any atom is 0.163 e. The van der Waals surface area contributed by atoms with Gasteiger partial charge in [-0.2, -0.15) is 0 Å². The van der Waals surface area contributed by atoms with Gasteiger partial charge in [0, 0.05) is 17.2 Å². The van der Waals surface area contributed by atoms with Gasteiger partial charge in [-0.15, -0.1) is 0 Å². The molecule has 3 aromatic rings. The van der Waals surface area contributed by atoms with Crippen LogP contribution in [-0.4, -0.2) is 23.2 Å². The van der Waals surface area contributed by atoms with E-state index in [9.17, 15) is 4.39 Å². The highest BCUT2D eigenvalue weighted by atomic mass is 35.5. The molecule has 0 aliphatic carbocycles. The molecule has 6 heteroatoms. The fraction of sp³-hybridized carbons (Fsp3) is 0.133. The molecule has 1 aromatic heterocycles. The first kappa shape index (κ1) is 12.5. The van der Waals surface area contributed by atoms with E-state index in [2.05, 4.69) is 9.97 Å². The molecule has 0 saturated heterocycles. The van der Waals surface area contributed by atoms with E-state index in [1.165, 1.54) is 6.07 Å². The molecule has 0 atom stereocenters. The number of hydrogen-bond acceptors (Lipinski definition) is 3. The van der Waals surface area contributed by atoms with Crippen LogP contribution in [0.15, 0.2) is 30.3 Å². The van der Waals surface area contributed by atoms with Crippen molar-refractivity contribution in [3.63, 3.8) is 0 Å². The molecule has 1 aliphatic heterocycles. The largest absolute Gasteiger partial charge is 0.486 e. The topological polar surface area (TPSA) is 47.1 Å². The summed E-state index contributed by atoms with van der Waals surface area (Å²) in [7, 11) is 0. The minimum Gasteiger partial charge on any atom is -0.486 e. The third kappa shape index (κ3) is 2.10. The summed E-state index contributed by atoms with van der Waals surface area (Å²) >= 11 is 5.77. The summed E-state index contributed by atoms with van der Waals surface area (Å²) in [5.74, 6) is 1.35. The summed E-state index contributed by atoms with van der Waals surface area (Å²) in [5, 5.41) is 0.352. The average Bonchev–Trinajstić information content (AvgIpc) is 2.87. The molecule has 106 valence electrons. The Kier molecular flexibility index (Phi) is 2.75. The summed E-state index contributed by atoms with van der Waals surface area (Å²) in [6.45, 7) is 1.03. The molecule has 2 aromatic carbocycles. The van der Waals surface area contributed by atoms with Crippen molar-refractivity contribution in [1.82, 2.24) is 9.97 Å². The molecule has 1 N–H and O–H groups in total. The molecule has 0 spiro atoms. The Hall–Kier alpha value is -2.27. The highest BCUT2D eigenvalue weighted by molar-refractivity contribution is 6.30. The van der Waals surface area contributed by atoms with Gasteiger partial charge in [-0.25, -0.2) is 9.37 Å². The van der Waals surface area contributed by atoms with Crippen LogP contribution in [0.4, 0.5) is 4.39 Å². The molecule has 1 aliphatic rings. The van der Waals surface area contributed by atoms with E-state index in [4.69, 9.17) is 21.1 Å². The number of fused-ring (bicyclic) bond motifs is 2. The zero-order valence-corrected chi connectivity index (χ0v) is 11.6. The molecule has 0 radical (unpaired) electrons. The van der Waals surface area contributed by atoms with Crippen molar-refractivity contribution in [3.05, 3.63) is 41.2 Å². The molecule has 0 saturated carbocycles. The second-order valence-electron chi connectivity index (χ2n) is 4.72. The summed E-state index contributed by atoms with van der Waals surface area (Å²) in [6.07, 6.45) is 0. The third-order valence-electron chi connectivity index (χ3n) is 3.33. The SMILES string of the molecule is Fc1cc(Cl)ccc1-c1nc2cc3c(cc2[nH]1)OCCO3. The summed E-state index contributed by atoms with van der Waals surface area (Å²) in [4.78, 5) is 7.50. The highest BCUT2D eigenvalue weighted by Crippen LogP contribution is 2.35. The van der Waals surface area contributed by atoms with Gasteiger partial charge in [-0.1, -0.05) is 11.6 Å². The number of hydrogen-bond donors (Lipinski definition) is 1. The van der Waals surface area contributed by atoms with Crippen molar-refractivity contribution in [2.45, 2.75) is 0 Å². The minimum atomic E-state index is -0.418. The lowest BCUT2D eigenvalue weighted by atomic mass is 10.2. The van der Waals surface area contributed by atoms with Crippen LogP contribution in [0.1, 0.15) is 0 Å². The van der Waals surface area contributed by atoms with Crippen LogP contribution < -0.4 is 9.47 Å². The predicted octanol–water partition coefficient (Wildman–Crippen LogP) is 3.79. The van der Waals surface area contributed by atoms with Crippen molar-refractivity contribution >= 4 is 22.6 Å². The van der Waals surface area contributed by atoms with Crippen LogP contribution >= 0.6 is 11.6 Å². The van der Waals surface area contributed by atoms with Crippen LogP contribution in [-0.2, 0) is 0 Å². The Bertz CT molecular complexity index is 804. The van der Waals surface area contributed by atoms with Crippen LogP contribution in [0.25, 0.3) is 22.4 Å². The minimum absolute atomic E-state index is 0.352. The smallest absolute Gasteiger partial charge is 0.163 e. The van der Waals surface area contributed by atoms with E-state index in [1.54, 1.807) is 18.2 Å². The Morgan fingerprint density at radius 3 is 2.62 bits per heavy atom. The monoisotopic (exact) mass is 304 g/mol. The normalized spacial score (nSPS) is 13.6. The Balaban J connectivity index is 1.86. The number of benzene rings is 2. The van der Waals surface area contributed by atoms with Crippen LogP contribution in [0.2, 0.25) is 5.02 Å². The number of aromatic amines is 1. The number of ether oxygens (including phenoxy) is 2. The van der Waals surface area contributed by atoms with E-state index in [0.717, 1.165) is 5.52 Å². The van der Waals surface area contributed by atoms with E-state index in [0.29, 0.717) is 46.6 Å². The number of nitrogens with one attached hydrogen (secondary N) is 1. The molecule has 0 unspecified atom stereocenters. The average molecular weight is 305 g/mol. The van der Waals surface area contributed by atoms with Gasteiger partial charge in [0.25, 0.3) is 0 Å². The van der Waals surface area contributed by atoms with Gasteiger partial charge in [0.2, 0.25) is 0 Å². The molecule has 4 rings (SSSR count). The van der Waals surface area contributed by atoms with Gasteiger partial charge in [-0.3, -0.25) is 0 Å². The Labute approximate surface area is 124 Å². The standard InChI is InChI=1S/C15H10ClFN2O2/c16-8-1-2-9(10(17)5-8)15-18-11-6-13-14(7-12(11)19-15)21-4-3-20-13/h1-2,5-7H,3-4H2,(H,18,19). The van der Waals surface area contributed by atoms with Gasteiger partial charge < -0.3 is 14.5 Å². The Morgan fingerprint density at radius 1 is 1.10 bits per heavy atom. The number of aromatic nitrogens is 2. The van der Waals surface area contributed by atoms with Crippen molar-refractivity contribution in [2.75, 3.05) is 13.2 Å². The fourth-order valence-electron chi connectivity index (χ4n) is 2.36. The van der Waals surface area contributed by atoms with Gasteiger partial charge in [0.1, 0.15) is 24.9 Å². The van der Waals surface area contributed by atoms with E-state index in [-0.39, 0.29) is 0 Å². The first-order valence-electron chi connectivity index (χ1n) is 6.45. The molecule has 0 fully saturated rings. The molecule has 21 heavy (non-hydrogen) atoms. The molecule has 4 nitrogen and oxygen atoms in total. The van der Waals surface area contributed by atoms with E-state index >= 15 is 0 Å². The predicted molar refractivity (Wildman–Crippen MR) is 77.5 cm³/mol. The lowest BCUT2D eigenvalue weighted by Crippen LogP contribution is -2.15. The number of rotatable bonds is 1. The van der Waals surface area contributed by atoms with Crippen molar-refractivity contribution < 1.29 is 13.9 Å². The molecular weight excluding hydrogens is 295 g/mol. The molecule has 0 bridgehead atoms. The van der Waals surface area contributed by atoms with Crippen LogP contribution in [0.5, 0.6) is 11.5 Å². The molecular formula is C15H10ClFN2O2. The van der Waals surface area contributed by atoms with Crippen molar-refractivity contribution in [3.8, 4) is 22.9 Å². The van der Waals surface area contributed by atoms with Crippen molar-refractivity contribution in [2.24, 2.45) is 0 Å². The highest BCUT2D eigenvalue weighted by Gasteiger charge is 2.16. The number of halogens is 2. The van der Waals surface area contributed by atoms with Gasteiger partial charge in [0.05, 0.1) is 16.6 Å². The van der Waals surface area contributed by atoms with Crippen LogP contribution in [0, 0.1) is 5.82 Å². The van der Waals surface area contributed by atoms with E-state index in [1.807, 2.05) is 6.07 Å². The Morgan fingerprint density at radius 2 is 1.86 bits per heavy atom. The number of H-pyrrole nitrogens is 1. The molecule has 0 amide bonds. The summed E-state index contributed by atoms with van der Waals surface area (Å²) in [6, 6.07) is 8.10. The number of imidazole rings is 1. The fourth-order valence-corrected chi connectivity index (χ4v) is 2.51. The van der Waals surface area contributed by atoms with Gasteiger partial charge >= 0.3 is 0 Å². The summed E-state index contributed by atoms with van der Waals surface area (Å²) in [5.41, 5.74) is 1.84. The maximum absolute atomic E-state index is 14.0. The second kappa shape index (κ2) is 4.63. The first-order chi connectivity index (χ1) is 10.2. The first-order valence-corrected chi connectivity index (χ1v) is 6.83. The van der Waals surface area contributed by atoms with Gasteiger partial charge in [0.15, 0.2) is 11.5 Å². The van der Waals surface area contributed by atoms with Gasteiger partial charge in [-0.05, 0) is 18.2 Å². The van der Waals surface area contributed by atoms with E-state index < -0.39 is 5.82 Å². The zero-order chi connectivity index (χ0) is 14.4. The molecule has 2 heterocycles. The lowest BCUT2D eigenvalue weighted by molar-refractivity contribution is 0.172. The third-order valence-corrected chi connectivity index (χ3v) is 3.57. The van der Waals surface area contributed by atoms with Crippen molar-refractivity contribution in [1.29, 1.82) is 0 Å². The summed E-state index contributed by atoms with van der Waals surface area (Å²) < 4.78 is 25.0. The zero-order valence-electron chi connectivity index (χ0n) is 10.8.